The van der Waals surface area contributed by atoms with Crippen LogP contribution in [0.1, 0.15) is 16.1 Å². The second kappa shape index (κ2) is 7.54. The average Bonchev–Trinajstić information content (AvgIpc) is 3.04. The van der Waals surface area contributed by atoms with Gasteiger partial charge in [0.1, 0.15) is 5.76 Å². The summed E-state index contributed by atoms with van der Waals surface area (Å²) < 4.78 is 5.10. The number of carbonyl (C=O) groups excluding carboxylic acids is 2. The fourth-order valence-electron chi connectivity index (χ4n) is 1.75. The molecule has 1 aromatic heterocycles. The molecule has 1 aromatic carbocycles. The van der Waals surface area contributed by atoms with Crippen LogP contribution in [0.3, 0.4) is 0 Å². The molecule has 2 aromatic rings. The van der Waals surface area contributed by atoms with E-state index in [-0.39, 0.29) is 18.4 Å². The van der Waals surface area contributed by atoms with E-state index in [1.165, 1.54) is 11.8 Å². The Morgan fingerprint density at radius 1 is 1.14 bits per heavy atom. The molecule has 0 aliphatic heterocycles. The molecule has 5 nitrogen and oxygen atoms in total. The summed E-state index contributed by atoms with van der Waals surface area (Å²) >= 11 is 1.49. The molecule has 0 aliphatic carbocycles. The van der Waals surface area contributed by atoms with Gasteiger partial charge in [-0.05, 0) is 30.5 Å². The Labute approximate surface area is 127 Å². The van der Waals surface area contributed by atoms with Gasteiger partial charge in [0, 0.05) is 4.90 Å². The molecule has 6 heteroatoms. The number of rotatable bonds is 6. The lowest BCUT2D eigenvalue weighted by Crippen LogP contribution is -2.36. The van der Waals surface area contributed by atoms with Crippen LogP contribution in [-0.4, -0.2) is 24.6 Å². The van der Waals surface area contributed by atoms with Gasteiger partial charge in [-0.15, -0.1) is 11.8 Å². The van der Waals surface area contributed by atoms with Crippen LogP contribution in [0.25, 0.3) is 0 Å². The van der Waals surface area contributed by atoms with Crippen molar-refractivity contribution in [2.75, 3.05) is 12.8 Å². The third-order valence-electron chi connectivity index (χ3n) is 2.80. The van der Waals surface area contributed by atoms with Crippen LogP contribution >= 0.6 is 11.8 Å². The van der Waals surface area contributed by atoms with Gasteiger partial charge in [-0.2, -0.15) is 0 Å². The van der Waals surface area contributed by atoms with Crippen LogP contribution in [0.4, 0.5) is 0 Å². The molecule has 0 unspecified atom stereocenters. The Kier molecular flexibility index (Phi) is 5.45. The Hall–Kier alpha value is -2.21. The second-order valence-electron chi connectivity index (χ2n) is 4.24. The van der Waals surface area contributed by atoms with Crippen LogP contribution in [0, 0.1) is 0 Å². The molecule has 0 saturated carbocycles. The molecular formula is C15H16N2O3S. The summed E-state index contributed by atoms with van der Waals surface area (Å²) in [6, 6.07) is 10.8. The zero-order chi connectivity index (χ0) is 15.1. The molecule has 2 rings (SSSR count). The van der Waals surface area contributed by atoms with Crippen molar-refractivity contribution in [2.45, 2.75) is 11.4 Å². The molecule has 1 heterocycles. The van der Waals surface area contributed by atoms with Crippen LogP contribution in [0.2, 0.25) is 0 Å². The van der Waals surface area contributed by atoms with E-state index < -0.39 is 0 Å². The largest absolute Gasteiger partial charge is 0.467 e. The molecule has 0 saturated heterocycles. The Bertz CT molecular complexity index is 611. The maximum atomic E-state index is 12.0. The molecule has 0 radical (unpaired) electrons. The minimum absolute atomic E-state index is 0.0672. The monoisotopic (exact) mass is 304 g/mol. The molecule has 0 atom stereocenters. The number of carbonyl (C=O) groups is 2. The van der Waals surface area contributed by atoms with Gasteiger partial charge in [0.15, 0.2) is 0 Å². The molecule has 0 bridgehead atoms. The van der Waals surface area contributed by atoms with Gasteiger partial charge in [-0.1, -0.05) is 12.1 Å². The van der Waals surface area contributed by atoms with Crippen molar-refractivity contribution in [1.29, 1.82) is 0 Å². The van der Waals surface area contributed by atoms with Gasteiger partial charge in [-0.3, -0.25) is 9.59 Å². The Morgan fingerprint density at radius 3 is 2.67 bits per heavy atom. The normalized spacial score (nSPS) is 10.1. The summed E-state index contributed by atoms with van der Waals surface area (Å²) in [6.45, 7) is 0.241. The third kappa shape index (κ3) is 4.39. The fraction of sp³-hybridized carbons (Fsp3) is 0.200. The van der Waals surface area contributed by atoms with Gasteiger partial charge in [0.25, 0.3) is 5.91 Å². The summed E-state index contributed by atoms with van der Waals surface area (Å²) in [7, 11) is 0. The summed E-state index contributed by atoms with van der Waals surface area (Å²) in [5, 5.41) is 5.28. The third-order valence-corrected chi connectivity index (χ3v) is 3.60. The highest BCUT2D eigenvalue weighted by molar-refractivity contribution is 7.98. The molecule has 2 amide bonds. The van der Waals surface area contributed by atoms with Crippen molar-refractivity contribution < 1.29 is 14.0 Å². The van der Waals surface area contributed by atoms with Gasteiger partial charge in [-0.25, -0.2) is 0 Å². The van der Waals surface area contributed by atoms with E-state index in [0.29, 0.717) is 17.9 Å². The number of benzene rings is 1. The second-order valence-corrected chi connectivity index (χ2v) is 5.09. The molecule has 0 spiro atoms. The standard InChI is InChI=1S/C15H16N2O3S/c1-21-13-7-3-2-6-12(13)15(19)17-10-14(18)16-9-11-5-4-8-20-11/h2-8H,9-10H2,1H3,(H,16,18)(H,17,19). The first-order valence-corrected chi connectivity index (χ1v) is 7.63. The first-order chi connectivity index (χ1) is 10.2. The van der Waals surface area contributed by atoms with Crippen LogP contribution in [-0.2, 0) is 11.3 Å². The van der Waals surface area contributed by atoms with Gasteiger partial charge in [0.05, 0.1) is 24.9 Å². The smallest absolute Gasteiger partial charge is 0.252 e. The highest BCUT2D eigenvalue weighted by Crippen LogP contribution is 2.19. The minimum atomic E-state index is -0.263. The van der Waals surface area contributed by atoms with E-state index in [9.17, 15) is 9.59 Å². The number of hydrogen-bond donors (Lipinski definition) is 2. The first kappa shape index (κ1) is 15.2. The van der Waals surface area contributed by atoms with E-state index >= 15 is 0 Å². The summed E-state index contributed by atoms with van der Waals surface area (Å²) in [6.07, 6.45) is 3.45. The van der Waals surface area contributed by atoms with Crippen LogP contribution in [0.5, 0.6) is 0 Å². The van der Waals surface area contributed by atoms with Crippen molar-refractivity contribution in [3.05, 3.63) is 54.0 Å². The Balaban J connectivity index is 1.82. The highest BCUT2D eigenvalue weighted by Gasteiger charge is 2.11. The van der Waals surface area contributed by atoms with E-state index in [0.717, 1.165) is 4.90 Å². The topological polar surface area (TPSA) is 71.3 Å². The quantitative estimate of drug-likeness (QED) is 0.801. The van der Waals surface area contributed by atoms with Crippen LogP contribution < -0.4 is 10.6 Å². The lowest BCUT2D eigenvalue weighted by Gasteiger charge is -2.08. The maximum absolute atomic E-state index is 12.0. The number of thioether (sulfide) groups is 1. The maximum Gasteiger partial charge on any atom is 0.252 e. The Morgan fingerprint density at radius 2 is 1.95 bits per heavy atom. The van der Waals surface area contributed by atoms with Crippen molar-refractivity contribution in [1.82, 2.24) is 10.6 Å². The summed E-state index contributed by atoms with van der Waals surface area (Å²) in [4.78, 5) is 24.6. The lowest BCUT2D eigenvalue weighted by atomic mass is 10.2. The van der Waals surface area contributed by atoms with Gasteiger partial charge in [0.2, 0.25) is 5.91 Å². The SMILES string of the molecule is CSc1ccccc1C(=O)NCC(=O)NCc1ccco1. The fourth-order valence-corrected chi connectivity index (χ4v) is 2.34. The number of hydrogen-bond acceptors (Lipinski definition) is 4. The van der Waals surface area contributed by atoms with E-state index in [2.05, 4.69) is 10.6 Å². The zero-order valence-corrected chi connectivity index (χ0v) is 12.4. The highest BCUT2D eigenvalue weighted by atomic mass is 32.2. The van der Waals surface area contributed by atoms with Gasteiger partial charge < -0.3 is 15.1 Å². The average molecular weight is 304 g/mol. The number of amides is 2. The molecule has 21 heavy (non-hydrogen) atoms. The van der Waals surface area contributed by atoms with E-state index in [1.807, 2.05) is 18.4 Å². The first-order valence-electron chi connectivity index (χ1n) is 6.41. The summed E-state index contributed by atoms with van der Waals surface area (Å²) in [5.41, 5.74) is 0.573. The van der Waals surface area contributed by atoms with Crippen molar-refractivity contribution in [3.8, 4) is 0 Å². The predicted octanol–water partition coefficient (Wildman–Crippen LogP) is 2.05. The zero-order valence-electron chi connectivity index (χ0n) is 11.6. The van der Waals surface area contributed by atoms with Crippen LogP contribution in [0.15, 0.2) is 52.0 Å². The van der Waals surface area contributed by atoms with Crippen molar-refractivity contribution in [3.63, 3.8) is 0 Å². The number of furan rings is 1. The van der Waals surface area contributed by atoms with E-state index in [4.69, 9.17) is 4.42 Å². The predicted molar refractivity (Wildman–Crippen MR) is 81.1 cm³/mol. The van der Waals surface area contributed by atoms with E-state index in [1.54, 1.807) is 30.5 Å². The molecule has 110 valence electrons. The lowest BCUT2D eigenvalue weighted by molar-refractivity contribution is -0.120. The molecule has 0 fully saturated rings. The molecular weight excluding hydrogens is 288 g/mol. The molecule has 2 N–H and O–H groups in total. The minimum Gasteiger partial charge on any atom is -0.467 e. The van der Waals surface area contributed by atoms with Crippen molar-refractivity contribution in [2.24, 2.45) is 0 Å². The summed E-state index contributed by atoms with van der Waals surface area (Å²) in [5.74, 6) is 0.150. The van der Waals surface area contributed by atoms with Gasteiger partial charge >= 0.3 is 0 Å². The molecule has 0 aliphatic rings. The number of nitrogens with one attached hydrogen (secondary N) is 2. The van der Waals surface area contributed by atoms with Crippen molar-refractivity contribution >= 4 is 23.6 Å².